The van der Waals surface area contributed by atoms with E-state index < -0.39 is 0 Å². The molecule has 0 aliphatic heterocycles. The van der Waals surface area contributed by atoms with Crippen LogP contribution in [0.25, 0.3) is 27.9 Å². The molecule has 3 aromatic carbocycles. The van der Waals surface area contributed by atoms with Crippen LogP contribution in [0.2, 0.25) is 0 Å². The first-order valence-electron chi connectivity index (χ1n) is 9.66. The van der Waals surface area contributed by atoms with Gasteiger partial charge in [0.2, 0.25) is 16.9 Å². The number of halogens is 1. The van der Waals surface area contributed by atoms with Gasteiger partial charge in [0, 0.05) is 36.5 Å². The van der Waals surface area contributed by atoms with Gasteiger partial charge in [-0.25, -0.2) is 0 Å². The molecule has 1 heterocycles. The van der Waals surface area contributed by atoms with Crippen molar-refractivity contribution in [2.75, 3.05) is 4.90 Å². The van der Waals surface area contributed by atoms with Gasteiger partial charge in [0.15, 0.2) is 0 Å². The van der Waals surface area contributed by atoms with Crippen molar-refractivity contribution in [1.29, 1.82) is 0 Å². The fraction of sp³-hybridized carbons (Fsp3) is 0.0769. The normalized spacial score (nSPS) is 11.3. The molecule has 1 amide bonds. The third kappa shape index (κ3) is 4.28. The molecule has 4 rings (SSSR count). The average molecular weight is 506 g/mol. The smallest absolute Gasteiger partial charge is 0.227 e. The Morgan fingerprint density at radius 1 is 0.800 bits per heavy atom. The van der Waals surface area contributed by atoms with Gasteiger partial charge in [-0.3, -0.25) is 9.69 Å². The van der Waals surface area contributed by atoms with Crippen LogP contribution in [-0.4, -0.2) is 5.91 Å². The number of carbonyl (C=O) groups excluding carboxylic acids is 1. The van der Waals surface area contributed by atoms with Crippen LogP contribution in [0.1, 0.15) is 12.5 Å². The van der Waals surface area contributed by atoms with Crippen LogP contribution in [0.5, 0.6) is 0 Å². The highest BCUT2D eigenvalue weighted by Gasteiger charge is 2.15. The molecule has 0 N–H and O–H groups in total. The highest BCUT2D eigenvalue weighted by molar-refractivity contribution is 6.00. The number of rotatable bonds is 4. The highest BCUT2D eigenvalue weighted by atomic mass is 127. The van der Waals surface area contributed by atoms with E-state index >= 15 is 0 Å². The lowest BCUT2D eigenvalue weighted by Gasteiger charge is -2.15. The van der Waals surface area contributed by atoms with Gasteiger partial charge in [-0.15, -0.1) is 0 Å². The number of nitrogens with zero attached hydrogens (tertiary/aromatic N) is 2. The van der Waals surface area contributed by atoms with Crippen LogP contribution in [0.3, 0.4) is 0 Å². The van der Waals surface area contributed by atoms with Crippen LogP contribution < -0.4 is 33.4 Å². The van der Waals surface area contributed by atoms with Crippen molar-refractivity contribution in [2.24, 2.45) is 7.05 Å². The molecule has 0 spiro atoms. The number of anilines is 1. The van der Waals surface area contributed by atoms with Crippen LogP contribution in [0, 0.1) is 0 Å². The van der Waals surface area contributed by atoms with Gasteiger partial charge in [0.25, 0.3) is 0 Å². The molecule has 0 fully saturated rings. The number of hydrogen-bond donors (Lipinski definition) is 0. The largest absolute Gasteiger partial charge is 1.00 e. The predicted molar refractivity (Wildman–Crippen MR) is 120 cm³/mol. The summed E-state index contributed by atoms with van der Waals surface area (Å²) in [7, 11) is 2.10. The zero-order valence-corrected chi connectivity index (χ0v) is 19.2. The number of benzene rings is 3. The molecule has 0 unspecified atom stereocenters. The minimum atomic E-state index is -0.0246. The summed E-state index contributed by atoms with van der Waals surface area (Å²) < 4.78 is 2.23. The van der Waals surface area contributed by atoms with Crippen molar-refractivity contribution >= 4 is 39.5 Å². The number of pyridine rings is 1. The molecular weight excluding hydrogens is 483 g/mol. The van der Waals surface area contributed by atoms with E-state index in [-0.39, 0.29) is 29.9 Å². The van der Waals surface area contributed by atoms with Crippen molar-refractivity contribution in [3.63, 3.8) is 0 Å². The van der Waals surface area contributed by atoms with Crippen LogP contribution in [0.4, 0.5) is 5.69 Å². The van der Waals surface area contributed by atoms with E-state index in [1.165, 1.54) is 27.4 Å². The quantitative estimate of drug-likeness (QED) is 0.181. The molecule has 150 valence electrons. The Bertz CT molecular complexity index is 1190. The summed E-state index contributed by atoms with van der Waals surface area (Å²) in [4.78, 5) is 13.7. The summed E-state index contributed by atoms with van der Waals surface area (Å²) in [6.07, 6.45) is 7.82. The maximum atomic E-state index is 12.0. The van der Waals surface area contributed by atoms with Gasteiger partial charge in [0.1, 0.15) is 7.05 Å². The first-order chi connectivity index (χ1) is 14.2. The molecule has 4 aromatic rings. The summed E-state index contributed by atoms with van der Waals surface area (Å²) in [5.74, 6) is -0.0246. The summed E-state index contributed by atoms with van der Waals surface area (Å²) in [5.41, 5.74) is 4.40. The third-order valence-electron chi connectivity index (χ3n) is 5.09. The monoisotopic (exact) mass is 506 g/mol. The number of fused-ring (bicyclic) bond motifs is 2. The Kier molecular flexibility index (Phi) is 7.00. The van der Waals surface area contributed by atoms with Gasteiger partial charge >= 0.3 is 0 Å². The topological polar surface area (TPSA) is 24.2 Å². The molecule has 0 saturated heterocycles. The maximum Gasteiger partial charge on any atom is 0.227 e. The van der Waals surface area contributed by atoms with E-state index in [1.807, 2.05) is 48.7 Å². The van der Waals surface area contributed by atoms with Gasteiger partial charge in [-0.2, -0.15) is 4.57 Å². The Balaban J connectivity index is 0.00000256. The molecule has 0 radical (unpaired) electrons. The van der Waals surface area contributed by atoms with Crippen molar-refractivity contribution in [3.8, 4) is 0 Å². The van der Waals surface area contributed by atoms with Crippen LogP contribution >= 0.6 is 0 Å². The van der Waals surface area contributed by atoms with Gasteiger partial charge in [-0.05, 0) is 30.3 Å². The van der Waals surface area contributed by atoms with E-state index in [2.05, 4.69) is 66.2 Å². The van der Waals surface area contributed by atoms with E-state index in [4.69, 9.17) is 0 Å². The molecule has 0 aliphatic rings. The third-order valence-corrected chi connectivity index (χ3v) is 5.09. The minimum Gasteiger partial charge on any atom is -1.00 e. The number of para-hydroxylation sites is 3. The number of aryl methyl sites for hydroxylation is 1. The summed E-state index contributed by atoms with van der Waals surface area (Å²) in [6.45, 7) is 1.57. The minimum absolute atomic E-state index is 0. The van der Waals surface area contributed by atoms with E-state index in [1.54, 1.807) is 11.8 Å². The Morgan fingerprint density at radius 3 is 1.90 bits per heavy atom. The number of amides is 1. The number of aromatic nitrogens is 1. The highest BCUT2D eigenvalue weighted by Crippen LogP contribution is 2.25. The number of carbonyl (C=O) groups is 1. The second kappa shape index (κ2) is 9.67. The number of hydrogen-bond acceptors (Lipinski definition) is 1. The van der Waals surface area contributed by atoms with Crippen LogP contribution in [0.15, 0.2) is 97.2 Å². The Morgan fingerprint density at radius 2 is 1.33 bits per heavy atom. The van der Waals surface area contributed by atoms with E-state index in [0.717, 1.165) is 5.69 Å². The maximum absolute atomic E-state index is 12.0. The average Bonchev–Trinajstić information content (AvgIpc) is 2.76. The fourth-order valence-corrected chi connectivity index (χ4v) is 3.69. The molecule has 1 aromatic heterocycles. The van der Waals surface area contributed by atoms with Crippen molar-refractivity contribution in [2.45, 2.75) is 6.92 Å². The van der Waals surface area contributed by atoms with Gasteiger partial charge < -0.3 is 24.0 Å². The van der Waals surface area contributed by atoms with Crippen LogP contribution in [-0.2, 0) is 11.8 Å². The van der Waals surface area contributed by atoms with Gasteiger partial charge in [0.05, 0.1) is 10.8 Å². The zero-order valence-electron chi connectivity index (χ0n) is 17.0. The molecule has 4 heteroatoms. The standard InChI is InChI=1S/C26H23N2O.HI/c1-20(29)28(21-12-4-3-5-13-21)19-11-10-14-22-23-15-6-8-17-25(23)27(2)26-18-9-7-16-24(22)26;/h3-19H,1-2H3;1H/q+1;/p-1. The summed E-state index contributed by atoms with van der Waals surface area (Å²) in [6, 6.07) is 26.5. The first-order valence-corrected chi connectivity index (χ1v) is 9.66. The molecule has 30 heavy (non-hydrogen) atoms. The molecule has 0 saturated carbocycles. The zero-order chi connectivity index (χ0) is 20.2. The molecule has 3 nitrogen and oxygen atoms in total. The molecular formula is C26H23IN2O. The lowest BCUT2D eigenvalue weighted by Crippen LogP contribution is -3.00. The second-order valence-corrected chi connectivity index (χ2v) is 6.93. The Labute approximate surface area is 194 Å². The summed E-state index contributed by atoms with van der Waals surface area (Å²) >= 11 is 0. The lowest BCUT2D eigenvalue weighted by atomic mass is 10.0. The number of allylic oxidation sites excluding steroid dienone is 2. The van der Waals surface area contributed by atoms with E-state index in [0.29, 0.717) is 0 Å². The van der Waals surface area contributed by atoms with Crippen molar-refractivity contribution in [3.05, 3.63) is 103 Å². The van der Waals surface area contributed by atoms with Crippen molar-refractivity contribution < 1.29 is 33.3 Å². The lowest BCUT2D eigenvalue weighted by molar-refractivity contribution is -0.617. The van der Waals surface area contributed by atoms with Gasteiger partial charge in [-0.1, -0.05) is 54.6 Å². The fourth-order valence-electron chi connectivity index (χ4n) is 3.69. The Hall–Kier alpha value is -2.99. The first kappa shape index (κ1) is 21.7. The molecule has 0 atom stereocenters. The molecule has 0 bridgehead atoms. The van der Waals surface area contributed by atoms with E-state index in [9.17, 15) is 4.79 Å². The SMILES string of the molecule is CC(=O)N(/C=C/C=C/c1c2ccccc2[n+](C)c2ccccc12)c1ccccc1.[I-]. The predicted octanol–water partition coefficient (Wildman–Crippen LogP) is 2.40. The van der Waals surface area contributed by atoms with Crippen molar-refractivity contribution in [1.82, 2.24) is 0 Å². The molecule has 0 aliphatic carbocycles. The second-order valence-electron chi connectivity index (χ2n) is 6.93. The summed E-state index contributed by atoms with van der Waals surface area (Å²) in [5, 5.41) is 2.40.